The first kappa shape index (κ1) is 40.8. The number of benzene rings is 3. The smallest absolute Gasteiger partial charge is 0.408 e. The first-order valence-corrected chi connectivity index (χ1v) is 18.0. The standard InChI is InChI=1S/C42H57N3O6/c1-9-10-11-20-27-45(38(47)34(28-31-22-14-12-15-23-31)44-40(49)51-42(6,7)8)36(33-26-19-18-21-30(33)2)37(46)43-35(39(48)50-41(3,4)5)29-32-24-16-13-17-25-32/h12-19,21-26,34-36H,9-11,20,27-29H2,1-8H3,(H,43,46)(H,44,49). The summed E-state index contributed by atoms with van der Waals surface area (Å²) >= 11 is 0. The van der Waals surface area contributed by atoms with Gasteiger partial charge in [-0.2, -0.15) is 0 Å². The predicted molar refractivity (Wildman–Crippen MR) is 201 cm³/mol. The minimum absolute atomic E-state index is 0.182. The molecule has 3 rings (SSSR count). The molecule has 0 aliphatic carbocycles. The topological polar surface area (TPSA) is 114 Å². The van der Waals surface area contributed by atoms with Crippen LogP contribution in [0.15, 0.2) is 84.9 Å². The molecule has 0 bridgehead atoms. The molecule has 3 aromatic rings. The maximum absolute atomic E-state index is 14.9. The molecule has 3 amide bonds. The Morgan fingerprint density at radius 1 is 0.667 bits per heavy atom. The van der Waals surface area contributed by atoms with Gasteiger partial charge in [0.1, 0.15) is 29.3 Å². The molecular weight excluding hydrogens is 642 g/mol. The lowest BCUT2D eigenvalue weighted by molar-refractivity contribution is -0.159. The van der Waals surface area contributed by atoms with E-state index in [0.29, 0.717) is 12.0 Å². The zero-order chi connectivity index (χ0) is 37.6. The van der Waals surface area contributed by atoms with Gasteiger partial charge in [0.2, 0.25) is 11.8 Å². The van der Waals surface area contributed by atoms with Crippen LogP contribution < -0.4 is 10.6 Å². The van der Waals surface area contributed by atoms with Gasteiger partial charge in [-0.05, 0) is 77.1 Å². The molecule has 0 aliphatic rings. The van der Waals surface area contributed by atoms with Gasteiger partial charge in [-0.3, -0.25) is 9.59 Å². The average molecular weight is 700 g/mol. The number of amides is 3. The summed E-state index contributed by atoms with van der Waals surface area (Å²) in [6, 6.07) is 23.1. The van der Waals surface area contributed by atoms with Gasteiger partial charge in [-0.1, -0.05) is 111 Å². The fourth-order valence-corrected chi connectivity index (χ4v) is 5.79. The van der Waals surface area contributed by atoms with Crippen molar-refractivity contribution >= 4 is 23.9 Å². The normalized spacial score (nSPS) is 13.3. The number of carbonyl (C=O) groups excluding carboxylic acids is 4. The number of carbonyl (C=O) groups is 4. The third-order valence-electron chi connectivity index (χ3n) is 8.14. The monoisotopic (exact) mass is 699 g/mol. The van der Waals surface area contributed by atoms with Crippen molar-refractivity contribution in [1.82, 2.24) is 15.5 Å². The lowest BCUT2D eigenvalue weighted by atomic mass is 9.96. The molecule has 0 radical (unpaired) electrons. The van der Waals surface area contributed by atoms with Gasteiger partial charge in [-0.15, -0.1) is 0 Å². The summed E-state index contributed by atoms with van der Waals surface area (Å²) < 4.78 is 11.4. The molecule has 0 saturated carbocycles. The van der Waals surface area contributed by atoms with Crippen molar-refractivity contribution in [3.63, 3.8) is 0 Å². The molecule has 9 nitrogen and oxygen atoms in total. The maximum atomic E-state index is 14.9. The number of ether oxygens (including phenoxy) is 2. The summed E-state index contributed by atoms with van der Waals surface area (Å²) in [5, 5.41) is 5.81. The molecule has 9 heteroatoms. The molecule has 0 aromatic heterocycles. The average Bonchev–Trinajstić information content (AvgIpc) is 3.05. The number of alkyl carbamates (subject to hydrolysis) is 1. The number of aryl methyl sites for hydroxylation is 1. The van der Waals surface area contributed by atoms with E-state index in [1.807, 2.05) is 91.9 Å². The molecular formula is C42H57N3O6. The Bertz CT molecular complexity index is 1560. The molecule has 3 atom stereocenters. The van der Waals surface area contributed by atoms with E-state index < -0.39 is 53.2 Å². The van der Waals surface area contributed by atoms with Gasteiger partial charge >= 0.3 is 12.1 Å². The van der Waals surface area contributed by atoms with Crippen molar-refractivity contribution in [2.45, 2.75) is 123 Å². The number of unbranched alkanes of at least 4 members (excludes halogenated alkanes) is 3. The van der Waals surface area contributed by atoms with E-state index in [1.165, 1.54) is 0 Å². The number of nitrogens with one attached hydrogen (secondary N) is 2. The number of hydrogen-bond donors (Lipinski definition) is 2. The van der Waals surface area contributed by atoms with Crippen LogP contribution >= 0.6 is 0 Å². The van der Waals surface area contributed by atoms with E-state index in [9.17, 15) is 19.2 Å². The van der Waals surface area contributed by atoms with Gasteiger partial charge < -0.3 is 25.0 Å². The van der Waals surface area contributed by atoms with Crippen LogP contribution in [-0.4, -0.2) is 58.6 Å². The highest BCUT2D eigenvalue weighted by Crippen LogP contribution is 2.28. The van der Waals surface area contributed by atoms with E-state index in [-0.39, 0.29) is 19.4 Å². The Morgan fingerprint density at radius 3 is 1.73 bits per heavy atom. The van der Waals surface area contributed by atoms with Crippen LogP contribution in [0.4, 0.5) is 4.79 Å². The van der Waals surface area contributed by atoms with E-state index >= 15 is 0 Å². The van der Waals surface area contributed by atoms with Crippen LogP contribution in [0.3, 0.4) is 0 Å². The summed E-state index contributed by atoms with van der Waals surface area (Å²) in [4.78, 5) is 58.1. The van der Waals surface area contributed by atoms with Crippen LogP contribution in [-0.2, 0) is 36.7 Å². The summed E-state index contributed by atoms with van der Waals surface area (Å²) in [5.41, 5.74) is 1.54. The molecule has 0 heterocycles. The van der Waals surface area contributed by atoms with Crippen molar-refractivity contribution < 1.29 is 28.7 Å². The quantitative estimate of drug-likeness (QED) is 0.117. The van der Waals surface area contributed by atoms with Crippen molar-refractivity contribution in [2.24, 2.45) is 0 Å². The van der Waals surface area contributed by atoms with Crippen LogP contribution in [0, 0.1) is 6.92 Å². The van der Waals surface area contributed by atoms with Crippen molar-refractivity contribution in [3.05, 3.63) is 107 Å². The Hall–Kier alpha value is -4.66. The fourth-order valence-electron chi connectivity index (χ4n) is 5.79. The van der Waals surface area contributed by atoms with E-state index in [0.717, 1.165) is 36.0 Å². The summed E-state index contributed by atoms with van der Waals surface area (Å²) in [6.45, 7) is 14.9. The predicted octanol–water partition coefficient (Wildman–Crippen LogP) is 7.65. The molecule has 0 spiro atoms. The van der Waals surface area contributed by atoms with Crippen LogP contribution in [0.1, 0.15) is 102 Å². The third-order valence-corrected chi connectivity index (χ3v) is 8.14. The molecule has 276 valence electrons. The lowest BCUT2D eigenvalue weighted by Gasteiger charge is -2.36. The van der Waals surface area contributed by atoms with Crippen LogP contribution in [0.5, 0.6) is 0 Å². The third kappa shape index (κ3) is 13.9. The Labute approximate surface area is 304 Å². The second-order valence-electron chi connectivity index (χ2n) is 15.0. The molecule has 51 heavy (non-hydrogen) atoms. The second kappa shape index (κ2) is 19.1. The van der Waals surface area contributed by atoms with Gasteiger partial charge in [0.05, 0.1) is 0 Å². The van der Waals surface area contributed by atoms with Gasteiger partial charge in [0, 0.05) is 19.4 Å². The molecule has 2 N–H and O–H groups in total. The highest BCUT2D eigenvalue weighted by molar-refractivity contribution is 5.94. The highest BCUT2D eigenvalue weighted by atomic mass is 16.6. The van der Waals surface area contributed by atoms with E-state index in [2.05, 4.69) is 17.6 Å². The molecule has 0 aliphatic heterocycles. The molecule has 3 unspecified atom stereocenters. The molecule has 0 saturated heterocycles. The maximum Gasteiger partial charge on any atom is 0.408 e. The number of esters is 1. The first-order valence-electron chi connectivity index (χ1n) is 18.0. The fraction of sp³-hybridized carbons (Fsp3) is 0.476. The second-order valence-corrected chi connectivity index (χ2v) is 15.0. The van der Waals surface area contributed by atoms with Gasteiger partial charge in [0.25, 0.3) is 0 Å². The Morgan fingerprint density at radius 2 is 1.20 bits per heavy atom. The summed E-state index contributed by atoms with van der Waals surface area (Å²) in [6.07, 6.45) is 3.09. The molecule has 3 aromatic carbocycles. The van der Waals surface area contributed by atoms with Crippen molar-refractivity contribution in [3.8, 4) is 0 Å². The number of rotatable bonds is 16. The first-order chi connectivity index (χ1) is 24.1. The number of nitrogens with zero attached hydrogens (tertiary/aromatic N) is 1. The largest absolute Gasteiger partial charge is 0.458 e. The zero-order valence-corrected chi connectivity index (χ0v) is 31.7. The lowest BCUT2D eigenvalue weighted by Crippen LogP contribution is -2.55. The van der Waals surface area contributed by atoms with Crippen molar-refractivity contribution in [2.75, 3.05) is 6.54 Å². The summed E-state index contributed by atoms with van der Waals surface area (Å²) in [5.74, 6) is -1.52. The zero-order valence-electron chi connectivity index (χ0n) is 31.7. The Balaban J connectivity index is 2.12. The van der Waals surface area contributed by atoms with Crippen LogP contribution in [0.25, 0.3) is 0 Å². The number of hydrogen-bond acceptors (Lipinski definition) is 6. The van der Waals surface area contributed by atoms with Crippen LogP contribution in [0.2, 0.25) is 0 Å². The van der Waals surface area contributed by atoms with Crippen molar-refractivity contribution in [1.29, 1.82) is 0 Å². The highest BCUT2D eigenvalue weighted by Gasteiger charge is 2.39. The van der Waals surface area contributed by atoms with E-state index in [4.69, 9.17) is 9.47 Å². The van der Waals surface area contributed by atoms with Gasteiger partial charge in [-0.25, -0.2) is 9.59 Å². The summed E-state index contributed by atoms with van der Waals surface area (Å²) in [7, 11) is 0. The molecule has 0 fully saturated rings. The minimum atomic E-state index is -1.11. The minimum Gasteiger partial charge on any atom is -0.458 e. The SMILES string of the molecule is CCCCCCN(C(=O)C(Cc1ccccc1)NC(=O)OC(C)(C)C)C(C(=O)NC(Cc1ccccc1)C(=O)OC(C)(C)C)c1ccccc1C. The Kier molecular flexibility index (Phi) is 15.3. The van der Waals surface area contributed by atoms with E-state index in [1.54, 1.807) is 46.4 Å². The van der Waals surface area contributed by atoms with Gasteiger partial charge in [0.15, 0.2) is 0 Å².